The minimum Gasteiger partial charge on any atom is -0.293 e. The summed E-state index contributed by atoms with van der Waals surface area (Å²) in [5, 5.41) is 0. The highest BCUT2D eigenvalue weighted by molar-refractivity contribution is 7.12. The van der Waals surface area contributed by atoms with Crippen molar-refractivity contribution in [1.82, 2.24) is 4.98 Å². The summed E-state index contributed by atoms with van der Waals surface area (Å²) < 4.78 is 0. The highest BCUT2D eigenvalue weighted by atomic mass is 32.1. The molecule has 0 aliphatic heterocycles. The Morgan fingerprint density at radius 1 is 1.50 bits per heavy atom. The zero-order chi connectivity index (χ0) is 8.77. The molecular formula is C9H11NOS. The highest BCUT2D eigenvalue weighted by Gasteiger charge is 2.32. The summed E-state index contributed by atoms with van der Waals surface area (Å²) in [5.41, 5.74) is 2.88. The van der Waals surface area contributed by atoms with Crippen molar-refractivity contribution >= 4 is 17.1 Å². The third kappa shape index (κ3) is 1.18. The Morgan fingerprint density at radius 3 is 3.00 bits per heavy atom. The van der Waals surface area contributed by atoms with Gasteiger partial charge in [-0.1, -0.05) is 13.8 Å². The van der Waals surface area contributed by atoms with Crippen molar-refractivity contribution in [1.29, 1.82) is 0 Å². The highest BCUT2D eigenvalue weighted by Crippen LogP contribution is 2.35. The van der Waals surface area contributed by atoms with Gasteiger partial charge in [0.1, 0.15) is 0 Å². The average molecular weight is 181 g/mol. The minimum atomic E-state index is 0.109. The molecule has 3 heteroatoms. The lowest BCUT2D eigenvalue weighted by Gasteiger charge is -2.26. The number of fused-ring (bicyclic) bond motifs is 1. The molecule has 0 aromatic carbocycles. The van der Waals surface area contributed by atoms with Gasteiger partial charge in [0, 0.05) is 6.42 Å². The fraction of sp³-hybridized carbons (Fsp3) is 0.556. The number of hydrogen-bond donors (Lipinski definition) is 0. The first-order valence-electron chi connectivity index (χ1n) is 4.04. The molecule has 2 nitrogen and oxygen atoms in total. The molecule has 12 heavy (non-hydrogen) atoms. The lowest BCUT2D eigenvalue weighted by atomic mass is 9.78. The van der Waals surface area contributed by atoms with Crippen LogP contribution in [0, 0.1) is 5.41 Å². The third-order valence-electron chi connectivity index (χ3n) is 2.18. The maximum absolute atomic E-state index is 11.5. The van der Waals surface area contributed by atoms with Gasteiger partial charge in [0.15, 0.2) is 5.78 Å². The second-order valence-electron chi connectivity index (χ2n) is 4.07. The van der Waals surface area contributed by atoms with E-state index in [9.17, 15) is 4.79 Å². The molecule has 1 aromatic heterocycles. The van der Waals surface area contributed by atoms with E-state index in [0.717, 1.165) is 17.0 Å². The van der Waals surface area contributed by atoms with Crippen LogP contribution in [0.1, 0.15) is 35.6 Å². The second-order valence-corrected chi connectivity index (χ2v) is 4.92. The summed E-state index contributed by atoms with van der Waals surface area (Å²) in [6.45, 7) is 4.24. The van der Waals surface area contributed by atoms with E-state index in [1.807, 2.05) is 0 Å². The summed E-state index contributed by atoms with van der Waals surface area (Å²) in [6.07, 6.45) is 1.61. The normalized spacial score (nSPS) is 20.7. The van der Waals surface area contributed by atoms with E-state index in [1.165, 1.54) is 11.3 Å². The molecule has 64 valence electrons. The first-order valence-corrected chi connectivity index (χ1v) is 4.92. The molecule has 1 aromatic rings. The van der Waals surface area contributed by atoms with Gasteiger partial charge in [-0.2, -0.15) is 0 Å². The van der Waals surface area contributed by atoms with Gasteiger partial charge in [-0.05, 0) is 11.8 Å². The van der Waals surface area contributed by atoms with E-state index in [-0.39, 0.29) is 11.2 Å². The average Bonchev–Trinajstić information content (AvgIpc) is 2.31. The summed E-state index contributed by atoms with van der Waals surface area (Å²) in [4.78, 5) is 16.6. The SMILES string of the molecule is CC1(C)CC(=O)c2scnc2C1. The van der Waals surface area contributed by atoms with Crippen LogP contribution in [0.3, 0.4) is 0 Å². The Kier molecular flexibility index (Phi) is 1.58. The number of nitrogens with zero attached hydrogens (tertiary/aromatic N) is 1. The summed E-state index contributed by atoms with van der Waals surface area (Å²) >= 11 is 1.47. The Bertz CT molecular complexity index is 327. The Morgan fingerprint density at radius 2 is 2.25 bits per heavy atom. The Balaban J connectivity index is 2.45. The maximum Gasteiger partial charge on any atom is 0.175 e. The number of carbonyl (C=O) groups is 1. The van der Waals surface area contributed by atoms with Gasteiger partial charge < -0.3 is 0 Å². The van der Waals surface area contributed by atoms with E-state index in [4.69, 9.17) is 0 Å². The van der Waals surface area contributed by atoms with Crippen LogP contribution in [0.4, 0.5) is 0 Å². The fourth-order valence-corrected chi connectivity index (χ4v) is 2.40. The first-order chi connectivity index (χ1) is 5.58. The van der Waals surface area contributed by atoms with Crippen molar-refractivity contribution in [3.63, 3.8) is 0 Å². The summed E-state index contributed by atoms with van der Waals surface area (Å²) in [5.74, 6) is 0.267. The number of carbonyl (C=O) groups excluding carboxylic acids is 1. The van der Waals surface area contributed by atoms with E-state index < -0.39 is 0 Å². The largest absolute Gasteiger partial charge is 0.293 e. The number of Topliss-reactive ketones (excluding diaryl/α,β-unsaturated/α-hetero) is 1. The second kappa shape index (κ2) is 2.39. The maximum atomic E-state index is 11.5. The third-order valence-corrected chi connectivity index (χ3v) is 3.09. The predicted octanol–water partition coefficient (Wildman–Crippen LogP) is 2.30. The smallest absolute Gasteiger partial charge is 0.175 e. The van der Waals surface area contributed by atoms with Gasteiger partial charge in [-0.15, -0.1) is 11.3 Å². The Hall–Kier alpha value is -0.700. The molecule has 1 aliphatic rings. The molecule has 0 amide bonds. The molecule has 0 N–H and O–H groups in total. The molecule has 0 saturated heterocycles. The van der Waals surface area contributed by atoms with Gasteiger partial charge in [-0.3, -0.25) is 4.79 Å². The molecule has 0 saturated carbocycles. The van der Waals surface area contributed by atoms with Gasteiger partial charge >= 0.3 is 0 Å². The minimum absolute atomic E-state index is 0.109. The number of aromatic nitrogens is 1. The first kappa shape index (κ1) is 7.92. The molecule has 0 radical (unpaired) electrons. The van der Waals surface area contributed by atoms with Crippen LogP contribution in [0.25, 0.3) is 0 Å². The Labute approximate surface area is 75.6 Å². The number of rotatable bonds is 0. The van der Waals surface area contributed by atoms with Crippen LogP contribution in [0.2, 0.25) is 0 Å². The fourth-order valence-electron chi connectivity index (χ4n) is 1.65. The van der Waals surface area contributed by atoms with Gasteiger partial charge in [-0.25, -0.2) is 4.98 Å². The molecule has 0 unspecified atom stereocenters. The van der Waals surface area contributed by atoms with Crippen LogP contribution >= 0.6 is 11.3 Å². The van der Waals surface area contributed by atoms with Gasteiger partial charge in [0.25, 0.3) is 0 Å². The van der Waals surface area contributed by atoms with Crippen molar-refractivity contribution in [3.05, 3.63) is 16.1 Å². The van der Waals surface area contributed by atoms with E-state index >= 15 is 0 Å². The molecule has 1 aliphatic carbocycles. The number of thiazole rings is 1. The van der Waals surface area contributed by atoms with Crippen LogP contribution in [-0.2, 0) is 6.42 Å². The summed E-state index contributed by atoms with van der Waals surface area (Å²) in [6, 6.07) is 0. The zero-order valence-corrected chi connectivity index (χ0v) is 8.07. The van der Waals surface area contributed by atoms with Crippen molar-refractivity contribution in [2.24, 2.45) is 5.41 Å². The van der Waals surface area contributed by atoms with E-state index in [2.05, 4.69) is 18.8 Å². The van der Waals surface area contributed by atoms with Gasteiger partial charge in [0.2, 0.25) is 0 Å². The summed E-state index contributed by atoms with van der Waals surface area (Å²) in [7, 11) is 0. The molecule has 1 heterocycles. The van der Waals surface area contributed by atoms with Crippen molar-refractivity contribution < 1.29 is 4.79 Å². The molecule has 0 atom stereocenters. The quantitative estimate of drug-likeness (QED) is 0.614. The van der Waals surface area contributed by atoms with Crippen LogP contribution in [0.5, 0.6) is 0 Å². The molecule has 0 fully saturated rings. The van der Waals surface area contributed by atoms with Gasteiger partial charge in [0.05, 0.1) is 16.1 Å². The standard InChI is InChI=1S/C9H11NOS/c1-9(2)3-6-8(7(11)4-9)12-5-10-6/h5H,3-4H2,1-2H3. The predicted molar refractivity (Wildman–Crippen MR) is 48.5 cm³/mol. The van der Waals surface area contributed by atoms with Crippen LogP contribution in [-0.4, -0.2) is 10.8 Å². The van der Waals surface area contributed by atoms with Crippen molar-refractivity contribution in [3.8, 4) is 0 Å². The van der Waals surface area contributed by atoms with E-state index in [0.29, 0.717) is 6.42 Å². The van der Waals surface area contributed by atoms with Crippen LogP contribution in [0.15, 0.2) is 5.51 Å². The van der Waals surface area contributed by atoms with Crippen LogP contribution < -0.4 is 0 Å². The molecule has 0 bridgehead atoms. The number of ketones is 1. The zero-order valence-electron chi connectivity index (χ0n) is 7.26. The number of hydrogen-bond acceptors (Lipinski definition) is 3. The molecule has 2 rings (SSSR count). The molecule has 0 spiro atoms. The van der Waals surface area contributed by atoms with Crippen molar-refractivity contribution in [2.45, 2.75) is 26.7 Å². The monoisotopic (exact) mass is 181 g/mol. The van der Waals surface area contributed by atoms with E-state index in [1.54, 1.807) is 5.51 Å². The lowest BCUT2D eigenvalue weighted by Crippen LogP contribution is -2.25. The van der Waals surface area contributed by atoms with Crippen molar-refractivity contribution in [2.75, 3.05) is 0 Å². The topological polar surface area (TPSA) is 30.0 Å². The lowest BCUT2D eigenvalue weighted by molar-refractivity contribution is 0.0916. The molecular weight excluding hydrogens is 170 g/mol.